The third-order valence-corrected chi connectivity index (χ3v) is 10.4. The first-order valence-electron chi connectivity index (χ1n) is 25.1. The number of carbonyl (C=O) groups is 3. The van der Waals surface area contributed by atoms with E-state index in [0.29, 0.717) is 171 Å². The molecule has 0 radical (unpaired) electrons. The van der Waals surface area contributed by atoms with Crippen molar-refractivity contribution in [3.63, 3.8) is 0 Å². The van der Waals surface area contributed by atoms with Crippen LogP contribution in [0.3, 0.4) is 0 Å². The number of aryl methyl sites for hydroxylation is 1. The summed E-state index contributed by atoms with van der Waals surface area (Å²) in [7, 11) is 1.64. The molecule has 73 heavy (non-hydrogen) atoms. The lowest BCUT2D eigenvalue weighted by atomic mass is 9.99. The van der Waals surface area contributed by atoms with Crippen LogP contribution in [0.4, 0.5) is 5.69 Å². The number of ether oxygens (including phenoxy) is 14. The van der Waals surface area contributed by atoms with E-state index in [0.717, 1.165) is 5.56 Å². The normalized spacial score (nSPS) is 18.2. The summed E-state index contributed by atoms with van der Waals surface area (Å²) < 4.78 is 76.1. The first-order valence-corrected chi connectivity index (χ1v) is 25.1. The summed E-state index contributed by atoms with van der Waals surface area (Å²) in [5.41, 5.74) is 7.07. The van der Waals surface area contributed by atoms with Crippen LogP contribution in [-0.2, 0) is 76.0 Å². The van der Waals surface area contributed by atoms with Gasteiger partial charge in [-0.25, -0.2) is 0 Å². The molecule has 0 aromatic heterocycles. The van der Waals surface area contributed by atoms with Crippen molar-refractivity contribution >= 4 is 23.4 Å². The fourth-order valence-electron chi connectivity index (χ4n) is 6.32. The maximum absolute atomic E-state index is 12.7. The zero-order valence-electron chi connectivity index (χ0n) is 42.9. The standard InChI is InChI=1S/C48H86N4O21/c1-37-6-7-40(72-48-46(58)45(57)44(56)41(36-53)73-48)39(35-37)52-43(55)8-11-51-47(59)38(49)5-3-4-10-50-42(54)9-12-61-15-16-63-19-20-65-23-24-67-27-28-69-31-32-71-34-33-70-30-29-68-26-25-66-22-21-64-18-17-62-14-13-60-2/h6-7,35,38,41,44-46,48,53,56-58H,3-5,8-34,36,49H2,1-2H3,(H,50,54)(H,51,59)(H,52,55)/t38-,41+,44+,45-,46-,48-/m0/s1. The Morgan fingerprint density at radius 1 is 0.575 bits per heavy atom. The zero-order valence-corrected chi connectivity index (χ0v) is 42.9. The van der Waals surface area contributed by atoms with Crippen LogP contribution in [0.25, 0.3) is 0 Å². The van der Waals surface area contributed by atoms with Crippen LogP contribution in [0.5, 0.6) is 5.75 Å². The number of methoxy groups -OCH3 is 1. The van der Waals surface area contributed by atoms with Gasteiger partial charge in [0.05, 0.1) is 170 Å². The number of aliphatic hydroxyl groups excluding tert-OH is 4. The number of hydrogen-bond acceptors (Lipinski definition) is 22. The average molecular weight is 1060 g/mol. The van der Waals surface area contributed by atoms with Gasteiger partial charge >= 0.3 is 0 Å². The number of benzene rings is 1. The third kappa shape index (κ3) is 34.1. The summed E-state index contributed by atoms with van der Waals surface area (Å²) in [6.45, 7) is 12.2. The molecule has 1 aromatic carbocycles. The summed E-state index contributed by atoms with van der Waals surface area (Å²) in [6, 6.07) is 4.06. The number of unbranched alkanes of at least 4 members (excludes halogenated alkanes) is 1. The number of rotatable bonds is 49. The topological polar surface area (TPSA) is 323 Å². The summed E-state index contributed by atoms with van der Waals surface area (Å²) in [4.78, 5) is 37.4. The van der Waals surface area contributed by atoms with Gasteiger partial charge in [0.2, 0.25) is 24.0 Å². The molecule has 2 rings (SSSR count). The molecule has 1 aliphatic heterocycles. The fourth-order valence-corrected chi connectivity index (χ4v) is 6.32. The summed E-state index contributed by atoms with van der Waals surface area (Å²) in [6.07, 6.45) is -5.70. The molecule has 0 bridgehead atoms. The van der Waals surface area contributed by atoms with Crippen molar-refractivity contribution in [3.8, 4) is 5.75 Å². The van der Waals surface area contributed by atoms with Crippen LogP contribution in [0, 0.1) is 6.92 Å². The number of anilines is 1. The van der Waals surface area contributed by atoms with Crippen LogP contribution in [0.2, 0.25) is 0 Å². The first-order chi connectivity index (χ1) is 35.6. The van der Waals surface area contributed by atoms with Gasteiger partial charge in [-0.15, -0.1) is 0 Å². The van der Waals surface area contributed by atoms with E-state index in [4.69, 9.17) is 72.0 Å². The van der Waals surface area contributed by atoms with Crippen molar-refractivity contribution < 1.29 is 101 Å². The smallest absolute Gasteiger partial charge is 0.236 e. The van der Waals surface area contributed by atoms with Crippen molar-refractivity contribution in [2.45, 2.75) is 75.8 Å². The molecule has 25 heteroatoms. The Morgan fingerprint density at radius 2 is 1.03 bits per heavy atom. The molecule has 424 valence electrons. The Bertz CT molecular complexity index is 1520. The van der Waals surface area contributed by atoms with Crippen LogP contribution >= 0.6 is 0 Å². The van der Waals surface area contributed by atoms with Crippen LogP contribution in [0.15, 0.2) is 18.2 Å². The van der Waals surface area contributed by atoms with E-state index >= 15 is 0 Å². The number of hydrogen-bond donors (Lipinski definition) is 8. The fraction of sp³-hybridized carbons (Fsp3) is 0.812. The highest BCUT2D eigenvalue weighted by atomic mass is 16.7. The maximum Gasteiger partial charge on any atom is 0.236 e. The van der Waals surface area contributed by atoms with Crippen LogP contribution in [-0.4, -0.2) is 254 Å². The zero-order chi connectivity index (χ0) is 53.0. The van der Waals surface area contributed by atoms with Gasteiger partial charge in [-0.2, -0.15) is 0 Å². The van der Waals surface area contributed by atoms with E-state index in [2.05, 4.69) is 16.0 Å². The number of carbonyl (C=O) groups excluding carboxylic acids is 3. The van der Waals surface area contributed by atoms with E-state index in [9.17, 15) is 34.8 Å². The van der Waals surface area contributed by atoms with Gasteiger partial charge in [0, 0.05) is 33.0 Å². The molecular weight excluding hydrogens is 969 g/mol. The largest absolute Gasteiger partial charge is 0.460 e. The second-order valence-corrected chi connectivity index (χ2v) is 16.3. The molecule has 1 aliphatic rings. The number of amides is 3. The minimum Gasteiger partial charge on any atom is -0.460 e. The van der Waals surface area contributed by atoms with E-state index in [1.807, 2.05) is 0 Å². The number of aliphatic hydroxyl groups is 4. The summed E-state index contributed by atoms with van der Waals surface area (Å²) in [5, 5.41) is 48.1. The molecule has 3 amide bonds. The van der Waals surface area contributed by atoms with E-state index < -0.39 is 55.2 Å². The molecular formula is C48H86N4O21. The Morgan fingerprint density at radius 3 is 1.48 bits per heavy atom. The monoisotopic (exact) mass is 1050 g/mol. The molecule has 0 aliphatic carbocycles. The molecule has 1 heterocycles. The van der Waals surface area contributed by atoms with Gasteiger partial charge in [0.15, 0.2) is 0 Å². The molecule has 25 nitrogen and oxygen atoms in total. The highest BCUT2D eigenvalue weighted by Crippen LogP contribution is 2.30. The number of nitrogens with two attached hydrogens (primary N) is 1. The van der Waals surface area contributed by atoms with Crippen molar-refractivity contribution in [1.29, 1.82) is 0 Å². The quantitative estimate of drug-likeness (QED) is 0.0343. The molecule has 6 atom stereocenters. The van der Waals surface area contributed by atoms with Crippen LogP contribution in [0.1, 0.15) is 37.7 Å². The van der Waals surface area contributed by atoms with Crippen molar-refractivity contribution in [2.75, 3.05) is 184 Å². The Hall–Kier alpha value is -3.29. The Balaban J connectivity index is 1.30. The average Bonchev–Trinajstić information content (AvgIpc) is 3.38. The SMILES string of the molecule is COCCOCCOCCOCCOCCOCCOCCOCCOCCOCCOCCOCCC(=O)NCCCC[C@H](N)C(=O)NCCC(=O)Nc1cc(C)ccc1O[C@H]1O[C@H](CO)[C@@H](O)[C@H](O)[C@@H]1O. The highest BCUT2D eigenvalue weighted by molar-refractivity contribution is 5.93. The van der Waals surface area contributed by atoms with Gasteiger partial charge in [0.25, 0.3) is 0 Å². The minimum absolute atomic E-state index is 0.0148. The molecule has 0 unspecified atom stereocenters. The predicted molar refractivity (Wildman–Crippen MR) is 262 cm³/mol. The van der Waals surface area contributed by atoms with Gasteiger partial charge in [-0.3, -0.25) is 14.4 Å². The van der Waals surface area contributed by atoms with Gasteiger partial charge in [-0.1, -0.05) is 6.07 Å². The summed E-state index contributed by atoms with van der Waals surface area (Å²) >= 11 is 0. The molecule has 1 saturated heterocycles. The third-order valence-electron chi connectivity index (χ3n) is 10.4. The molecule has 0 saturated carbocycles. The second-order valence-electron chi connectivity index (χ2n) is 16.3. The molecule has 0 spiro atoms. The first kappa shape index (κ1) is 65.8. The molecule has 1 fully saturated rings. The number of nitrogens with one attached hydrogen (secondary N) is 3. The lowest BCUT2D eigenvalue weighted by Gasteiger charge is -2.39. The molecule has 9 N–H and O–H groups in total. The Labute approximate surface area is 429 Å². The van der Waals surface area contributed by atoms with E-state index in [-0.39, 0.29) is 43.3 Å². The van der Waals surface area contributed by atoms with E-state index in [1.165, 1.54) is 6.07 Å². The lowest BCUT2D eigenvalue weighted by molar-refractivity contribution is -0.277. The highest BCUT2D eigenvalue weighted by Gasteiger charge is 2.45. The predicted octanol–water partition coefficient (Wildman–Crippen LogP) is -1.55. The van der Waals surface area contributed by atoms with Crippen molar-refractivity contribution in [2.24, 2.45) is 5.73 Å². The van der Waals surface area contributed by atoms with Crippen LogP contribution < -0.4 is 26.4 Å². The Kier molecular flexibility index (Phi) is 40.5. The van der Waals surface area contributed by atoms with Crippen molar-refractivity contribution in [3.05, 3.63) is 23.8 Å². The lowest BCUT2D eigenvalue weighted by Crippen LogP contribution is -2.60. The van der Waals surface area contributed by atoms with Crippen molar-refractivity contribution in [1.82, 2.24) is 10.6 Å². The van der Waals surface area contributed by atoms with Gasteiger partial charge in [0.1, 0.15) is 30.2 Å². The second kappa shape index (κ2) is 45.0. The van der Waals surface area contributed by atoms with Gasteiger partial charge < -0.3 is 108 Å². The van der Waals surface area contributed by atoms with E-state index in [1.54, 1.807) is 26.2 Å². The van der Waals surface area contributed by atoms with Gasteiger partial charge in [-0.05, 0) is 43.9 Å². The molecule has 1 aromatic rings. The maximum atomic E-state index is 12.7. The summed E-state index contributed by atoms with van der Waals surface area (Å²) in [5.74, 6) is -0.900. The minimum atomic E-state index is -1.63.